The number of likely N-dealkylation sites (tertiary alicyclic amines) is 1. The average molecular weight is 523 g/mol. The number of nitrogens with zero attached hydrogens (tertiary/aromatic N) is 2. The highest BCUT2D eigenvalue weighted by molar-refractivity contribution is 5.87. The van der Waals surface area contributed by atoms with E-state index in [0.29, 0.717) is 18.4 Å². The van der Waals surface area contributed by atoms with Crippen molar-refractivity contribution < 1.29 is 23.1 Å². The number of nitrogens with one attached hydrogen (secondary N) is 2. The van der Waals surface area contributed by atoms with Gasteiger partial charge in [0.15, 0.2) is 11.6 Å². The molecule has 7 nitrogen and oxygen atoms in total. The fourth-order valence-corrected chi connectivity index (χ4v) is 6.99. The molecule has 1 amide bonds. The second-order valence-electron chi connectivity index (χ2n) is 10.8. The van der Waals surface area contributed by atoms with E-state index in [-0.39, 0.29) is 36.0 Å². The standard InChI is InChI=1S/C29H32F2N4O3/c1-16(36)32-18-9-10-34(15-18)19-12-25(17-7-8-22(30)23(31)11-17)35-26(13-19)28-21(14-27(35)29(37)38-2)20-5-3-4-6-24(20)33-28/h3-8,11,18-19,25-27,33H,9-10,12-15H2,1-2H3,(H,32,36)/t18-,19-,25-,26+,27-/m0/s1. The minimum Gasteiger partial charge on any atom is -0.468 e. The monoisotopic (exact) mass is 522 g/mol. The van der Waals surface area contributed by atoms with Crippen molar-refractivity contribution in [2.45, 2.75) is 62.8 Å². The fraction of sp³-hybridized carbons (Fsp3) is 0.448. The van der Waals surface area contributed by atoms with Crippen molar-refractivity contribution in [3.63, 3.8) is 0 Å². The lowest BCUT2D eigenvalue weighted by Crippen LogP contribution is -2.56. The van der Waals surface area contributed by atoms with E-state index in [1.54, 1.807) is 6.07 Å². The van der Waals surface area contributed by atoms with Crippen molar-refractivity contribution >= 4 is 22.8 Å². The first kappa shape index (κ1) is 25.0. The molecular formula is C29H32F2N4O3. The normalized spacial score (nSPS) is 27.6. The maximum Gasteiger partial charge on any atom is 0.323 e. The number of benzene rings is 2. The maximum atomic E-state index is 14.5. The lowest BCUT2D eigenvalue weighted by atomic mass is 9.79. The van der Waals surface area contributed by atoms with Gasteiger partial charge < -0.3 is 15.0 Å². The summed E-state index contributed by atoms with van der Waals surface area (Å²) in [4.78, 5) is 33.1. The summed E-state index contributed by atoms with van der Waals surface area (Å²) in [6, 6.07) is 11.3. The highest BCUT2D eigenvalue weighted by atomic mass is 19.2. The van der Waals surface area contributed by atoms with E-state index in [1.807, 2.05) is 18.2 Å². The molecule has 2 aromatic carbocycles. The number of aromatic amines is 1. The van der Waals surface area contributed by atoms with E-state index in [0.717, 1.165) is 54.2 Å². The van der Waals surface area contributed by atoms with Gasteiger partial charge in [-0.15, -0.1) is 0 Å². The number of piperidine rings is 1. The minimum absolute atomic E-state index is 0.0396. The van der Waals surface area contributed by atoms with Gasteiger partial charge in [0.2, 0.25) is 5.91 Å². The molecule has 3 aliphatic rings. The highest BCUT2D eigenvalue weighted by Gasteiger charge is 2.49. The third-order valence-corrected chi connectivity index (χ3v) is 8.59. The maximum absolute atomic E-state index is 14.5. The summed E-state index contributed by atoms with van der Waals surface area (Å²) in [6.07, 6.45) is 2.75. The Morgan fingerprint density at radius 2 is 1.87 bits per heavy atom. The van der Waals surface area contributed by atoms with Crippen LogP contribution in [0.4, 0.5) is 8.78 Å². The van der Waals surface area contributed by atoms with Gasteiger partial charge in [0, 0.05) is 61.2 Å². The van der Waals surface area contributed by atoms with Crippen LogP contribution in [0.2, 0.25) is 0 Å². The Labute approximate surface area is 220 Å². The van der Waals surface area contributed by atoms with Crippen LogP contribution in [-0.2, 0) is 20.7 Å². The highest BCUT2D eigenvalue weighted by Crippen LogP contribution is 2.50. The number of fused-ring (bicyclic) bond motifs is 5. The summed E-state index contributed by atoms with van der Waals surface area (Å²) in [5.41, 5.74) is 3.84. The number of halogens is 2. The summed E-state index contributed by atoms with van der Waals surface area (Å²) in [5, 5.41) is 4.13. The molecule has 1 aromatic heterocycles. The first-order valence-corrected chi connectivity index (χ1v) is 13.2. The number of para-hydroxylation sites is 1. The topological polar surface area (TPSA) is 77.7 Å². The van der Waals surface area contributed by atoms with Crippen LogP contribution >= 0.6 is 0 Å². The molecule has 0 saturated carbocycles. The predicted octanol–water partition coefficient (Wildman–Crippen LogP) is 4.00. The Hall–Kier alpha value is -3.30. The Morgan fingerprint density at radius 3 is 2.63 bits per heavy atom. The van der Waals surface area contributed by atoms with Gasteiger partial charge in [-0.3, -0.25) is 19.4 Å². The van der Waals surface area contributed by atoms with Crippen LogP contribution in [0.15, 0.2) is 42.5 Å². The van der Waals surface area contributed by atoms with Crippen molar-refractivity contribution in [1.29, 1.82) is 0 Å². The number of hydrogen-bond donors (Lipinski definition) is 2. The molecule has 2 saturated heterocycles. The molecule has 3 aromatic rings. The molecule has 5 atom stereocenters. The van der Waals surface area contributed by atoms with Gasteiger partial charge in [0.25, 0.3) is 0 Å². The van der Waals surface area contributed by atoms with Gasteiger partial charge in [0.1, 0.15) is 6.04 Å². The lowest BCUT2D eigenvalue weighted by molar-refractivity contribution is -0.152. The molecule has 0 unspecified atom stereocenters. The first-order valence-electron chi connectivity index (χ1n) is 13.2. The van der Waals surface area contributed by atoms with Crippen molar-refractivity contribution in [1.82, 2.24) is 20.1 Å². The molecule has 4 heterocycles. The van der Waals surface area contributed by atoms with E-state index < -0.39 is 17.7 Å². The van der Waals surface area contributed by atoms with E-state index in [1.165, 1.54) is 20.1 Å². The van der Waals surface area contributed by atoms with Crippen LogP contribution in [0.5, 0.6) is 0 Å². The van der Waals surface area contributed by atoms with Gasteiger partial charge in [-0.1, -0.05) is 24.3 Å². The molecule has 2 N–H and O–H groups in total. The molecule has 6 rings (SSSR count). The lowest BCUT2D eigenvalue weighted by Gasteiger charge is -2.52. The van der Waals surface area contributed by atoms with Gasteiger partial charge in [-0.2, -0.15) is 0 Å². The van der Waals surface area contributed by atoms with Crippen LogP contribution in [0.3, 0.4) is 0 Å². The molecule has 0 spiro atoms. The van der Waals surface area contributed by atoms with E-state index in [4.69, 9.17) is 4.74 Å². The van der Waals surface area contributed by atoms with Crippen LogP contribution in [0, 0.1) is 11.6 Å². The summed E-state index contributed by atoms with van der Waals surface area (Å²) in [7, 11) is 1.40. The molecule has 0 aliphatic carbocycles. The second-order valence-corrected chi connectivity index (χ2v) is 10.8. The molecule has 0 bridgehead atoms. The van der Waals surface area contributed by atoms with Crippen molar-refractivity contribution in [2.75, 3.05) is 20.2 Å². The van der Waals surface area contributed by atoms with E-state index >= 15 is 0 Å². The Bertz CT molecular complexity index is 1390. The molecule has 0 radical (unpaired) electrons. The van der Waals surface area contributed by atoms with Gasteiger partial charge in [-0.05, 0) is 48.6 Å². The summed E-state index contributed by atoms with van der Waals surface area (Å²) in [5.74, 6) is -2.16. The van der Waals surface area contributed by atoms with Crippen molar-refractivity contribution in [3.8, 4) is 0 Å². The number of rotatable bonds is 4. The number of ether oxygens (including phenoxy) is 1. The SMILES string of the molecule is COC(=O)[C@@H]1Cc2c([nH]c3ccccc23)[C@H]2C[C@@H](N3CC[C@H](NC(C)=O)C3)C[C@@H](c3ccc(F)c(F)c3)N21. The predicted molar refractivity (Wildman–Crippen MR) is 138 cm³/mol. The molecule has 38 heavy (non-hydrogen) atoms. The largest absolute Gasteiger partial charge is 0.468 e. The van der Waals surface area contributed by atoms with Crippen molar-refractivity contribution in [3.05, 3.63) is 70.9 Å². The number of amides is 1. The third kappa shape index (κ3) is 4.27. The number of hydrogen-bond acceptors (Lipinski definition) is 5. The quantitative estimate of drug-likeness (QED) is 0.507. The summed E-state index contributed by atoms with van der Waals surface area (Å²) < 4.78 is 33.7. The van der Waals surface area contributed by atoms with E-state index in [2.05, 4.69) is 26.2 Å². The molecule has 9 heteroatoms. The average Bonchev–Trinajstić information content (AvgIpc) is 3.53. The van der Waals surface area contributed by atoms with Crippen molar-refractivity contribution in [2.24, 2.45) is 0 Å². The first-order chi connectivity index (χ1) is 18.3. The number of carbonyl (C=O) groups excluding carboxylic acids is 2. The summed E-state index contributed by atoms with van der Waals surface area (Å²) >= 11 is 0. The van der Waals surface area contributed by atoms with Crippen LogP contribution in [-0.4, -0.2) is 65.0 Å². The fourth-order valence-electron chi connectivity index (χ4n) is 6.99. The zero-order chi connectivity index (χ0) is 26.6. The zero-order valence-electron chi connectivity index (χ0n) is 21.5. The Morgan fingerprint density at radius 1 is 1.08 bits per heavy atom. The number of aromatic nitrogens is 1. The molecule has 2 fully saturated rings. The Kier molecular flexibility index (Phi) is 6.44. The molecular weight excluding hydrogens is 490 g/mol. The van der Waals surface area contributed by atoms with Crippen LogP contribution in [0.25, 0.3) is 10.9 Å². The number of H-pyrrole nitrogens is 1. The molecule has 3 aliphatic heterocycles. The third-order valence-electron chi connectivity index (χ3n) is 8.59. The minimum atomic E-state index is -0.897. The second kappa shape index (κ2) is 9.78. The Balaban J connectivity index is 1.45. The van der Waals surface area contributed by atoms with E-state index in [9.17, 15) is 18.4 Å². The number of methoxy groups -OCH3 is 1. The summed E-state index contributed by atoms with van der Waals surface area (Å²) in [6.45, 7) is 3.11. The van der Waals surface area contributed by atoms with Gasteiger partial charge in [-0.25, -0.2) is 8.78 Å². The number of esters is 1. The van der Waals surface area contributed by atoms with Crippen LogP contribution in [0.1, 0.15) is 55.1 Å². The number of carbonyl (C=O) groups is 2. The van der Waals surface area contributed by atoms with Crippen LogP contribution < -0.4 is 5.32 Å². The van der Waals surface area contributed by atoms with Gasteiger partial charge >= 0.3 is 5.97 Å². The smallest absolute Gasteiger partial charge is 0.323 e. The van der Waals surface area contributed by atoms with Gasteiger partial charge in [0.05, 0.1) is 13.2 Å². The molecule has 200 valence electrons. The zero-order valence-corrected chi connectivity index (χ0v) is 21.5.